The second kappa shape index (κ2) is 4.78. The maximum atomic E-state index is 2.23. The quantitative estimate of drug-likeness (QED) is 0.715. The molecule has 0 saturated heterocycles. The molecule has 0 unspecified atom stereocenters. The molecule has 2 rings (SSSR count). The van der Waals surface area contributed by atoms with Crippen LogP contribution in [-0.2, 0) is 18.8 Å². The van der Waals surface area contributed by atoms with Crippen molar-refractivity contribution in [2.75, 3.05) is 0 Å². The van der Waals surface area contributed by atoms with Crippen LogP contribution in [0, 0.1) is 0 Å². The third kappa shape index (κ3) is 2.26. The third-order valence-electron chi connectivity index (χ3n) is 1.98. The SMILES string of the molecule is [W]=[P+](c1ccccc1)c1ccccc1. The van der Waals surface area contributed by atoms with Crippen LogP contribution in [0.25, 0.3) is 0 Å². The van der Waals surface area contributed by atoms with Crippen LogP contribution < -0.4 is 10.6 Å². The summed E-state index contributed by atoms with van der Waals surface area (Å²) in [5, 5.41) is 2.95. The van der Waals surface area contributed by atoms with Gasteiger partial charge in [-0.1, -0.05) is 0 Å². The molecule has 0 atom stereocenters. The van der Waals surface area contributed by atoms with Gasteiger partial charge in [0.15, 0.2) is 0 Å². The fourth-order valence-corrected chi connectivity index (χ4v) is 5.08. The molecule has 0 aliphatic heterocycles. The first kappa shape index (κ1) is 9.96. The number of hydrogen-bond donors (Lipinski definition) is 0. The summed E-state index contributed by atoms with van der Waals surface area (Å²) in [5.74, 6) is 0. The van der Waals surface area contributed by atoms with E-state index in [4.69, 9.17) is 0 Å². The van der Waals surface area contributed by atoms with E-state index in [0.717, 1.165) is 0 Å². The van der Waals surface area contributed by atoms with Gasteiger partial charge in [-0.3, -0.25) is 0 Å². The van der Waals surface area contributed by atoms with Crippen molar-refractivity contribution in [3.63, 3.8) is 0 Å². The normalized spacial score (nSPS) is 9.71. The van der Waals surface area contributed by atoms with E-state index in [-0.39, 0.29) is 5.56 Å². The molecule has 0 fully saturated rings. The number of rotatable bonds is 2. The Balaban J connectivity index is 2.35. The van der Waals surface area contributed by atoms with Gasteiger partial charge in [-0.25, -0.2) is 0 Å². The van der Waals surface area contributed by atoms with Crippen LogP contribution in [0.2, 0.25) is 0 Å². The van der Waals surface area contributed by atoms with Crippen LogP contribution in [0.5, 0.6) is 0 Å². The Hall–Kier alpha value is -0.572. The molecule has 0 saturated carbocycles. The Morgan fingerprint density at radius 1 is 0.643 bits per heavy atom. The van der Waals surface area contributed by atoms with Gasteiger partial charge >= 0.3 is 95.6 Å². The molecule has 2 heteroatoms. The first-order chi connectivity index (χ1) is 6.88. The summed E-state index contributed by atoms with van der Waals surface area (Å²) in [7, 11) is 0. The molecule has 2 aromatic carbocycles. The molecule has 0 heterocycles. The van der Waals surface area contributed by atoms with Gasteiger partial charge in [-0.05, 0) is 0 Å². The second-order valence-electron chi connectivity index (χ2n) is 2.97. The van der Waals surface area contributed by atoms with Gasteiger partial charge in [0.25, 0.3) is 0 Å². The average Bonchev–Trinajstić information content (AvgIpc) is 2.30. The van der Waals surface area contributed by atoms with E-state index < -0.39 is 0 Å². The van der Waals surface area contributed by atoms with E-state index in [0.29, 0.717) is 0 Å². The van der Waals surface area contributed by atoms with Gasteiger partial charge in [0.1, 0.15) is 0 Å². The zero-order chi connectivity index (χ0) is 9.80. The summed E-state index contributed by atoms with van der Waals surface area (Å²) in [5.41, 5.74) is -0.0874. The maximum absolute atomic E-state index is 2.23. The summed E-state index contributed by atoms with van der Waals surface area (Å²) in [6.07, 6.45) is 0. The van der Waals surface area contributed by atoms with Gasteiger partial charge in [0.05, 0.1) is 0 Å². The van der Waals surface area contributed by atoms with Gasteiger partial charge in [0, 0.05) is 0 Å². The van der Waals surface area contributed by atoms with Crippen molar-refractivity contribution >= 4 is 16.2 Å². The second-order valence-corrected chi connectivity index (χ2v) is 8.52. The predicted molar refractivity (Wildman–Crippen MR) is 59.1 cm³/mol. The number of hydrogen-bond acceptors (Lipinski definition) is 0. The van der Waals surface area contributed by atoms with E-state index in [9.17, 15) is 0 Å². The third-order valence-corrected chi connectivity index (χ3v) is 8.06. The molecule has 0 spiro atoms. The van der Waals surface area contributed by atoms with Crippen molar-refractivity contribution < 1.29 is 18.8 Å². The molecule has 2 aromatic rings. The molecule has 0 aliphatic carbocycles. The topological polar surface area (TPSA) is 0 Å². The van der Waals surface area contributed by atoms with Crippen molar-refractivity contribution in [1.29, 1.82) is 0 Å². The van der Waals surface area contributed by atoms with Gasteiger partial charge in [-0.2, -0.15) is 0 Å². The van der Waals surface area contributed by atoms with Crippen LogP contribution in [-0.4, -0.2) is 0 Å². The van der Waals surface area contributed by atoms with Crippen molar-refractivity contribution in [3.05, 3.63) is 60.7 Å². The molecule has 0 bridgehead atoms. The van der Waals surface area contributed by atoms with Crippen molar-refractivity contribution in [1.82, 2.24) is 0 Å². The first-order valence-electron chi connectivity index (χ1n) is 4.45. The Labute approximate surface area is 95.5 Å². The standard InChI is InChI=1S/C12H10P.W/c1-3-7-11(8-4-1)13-12-9-5-2-6-10-12;/h1-10H;/q-1;+2. The molecule has 0 amide bonds. The van der Waals surface area contributed by atoms with E-state index in [1.807, 2.05) is 0 Å². The number of benzene rings is 2. The Morgan fingerprint density at radius 2 is 1.00 bits per heavy atom. The molecular formula is C12H10PW+. The fraction of sp³-hybridized carbons (Fsp3) is 0. The van der Waals surface area contributed by atoms with E-state index in [2.05, 4.69) is 60.7 Å². The van der Waals surface area contributed by atoms with Crippen LogP contribution >= 0.6 is 5.56 Å². The predicted octanol–water partition coefficient (Wildman–Crippen LogP) is 2.58. The minimum absolute atomic E-state index is 0.0874. The monoisotopic (exact) mass is 369 g/mol. The molecule has 0 nitrogen and oxygen atoms in total. The summed E-state index contributed by atoms with van der Waals surface area (Å²) >= 11 is 1.66. The minimum atomic E-state index is -0.0874. The fourth-order valence-electron chi connectivity index (χ4n) is 1.28. The molecule has 14 heavy (non-hydrogen) atoms. The van der Waals surface area contributed by atoms with Crippen LogP contribution in [0.1, 0.15) is 0 Å². The van der Waals surface area contributed by atoms with E-state index >= 15 is 0 Å². The Kier molecular flexibility index (Phi) is 3.40. The van der Waals surface area contributed by atoms with Crippen LogP contribution in [0.15, 0.2) is 60.7 Å². The van der Waals surface area contributed by atoms with Crippen molar-refractivity contribution in [3.8, 4) is 0 Å². The zero-order valence-corrected chi connectivity index (χ0v) is 11.5. The molecule has 68 valence electrons. The summed E-state index contributed by atoms with van der Waals surface area (Å²) in [4.78, 5) is 0. The molecule has 0 aliphatic rings. The molecule has 0 N–H and O–H groups in total. The van der Waals surface area contributed by atoms with Crippen LogP contribution in [0.3, 0.4) is 0 Å². The Bertz CT molecular complexity index is 381. The molecule has 0 aromatic heterocycles. The van der Waals surface area contributed by atoms with Gasteiger partial charge in [0.2, 0.25) is 0 Å². The van der Waals surface area contributed by atoms with Crippen LogP contribution in [0.4, 0.5) is 0 Å². The van der Waals surface area contributed by atoms with Crippen molar-refractivity contribution in [2.24, 2.45) is 0 Å². The van der Waals surface area contributed by atoms with Crippen molar-refractivity contribution in [2.45, 2.75) is 0 Å². The van der Waals surface area contributed by atoms with Gasteiger partial charge in [-0.15, -0.1) is 0 Å². The molecular weight excluding hydrogens is 359 g/mol. The zero-order valence-electron chi connectivity index (χ0n) is 7.63. The van der Waals surface area contributed by atoms with Gasteiger partial charge < -0.3 is 0 Å². The summed E-state index contributed by atoms with van der Waals surface area (Å²) in [6, 6.07) is 21.6. The average molecular weight is 369 g/mol. The first-order valence-corrected chi connectivity index (χ1v) is 9.65. The summed E-state index contributed by atoms with van der Waals surface area (Å²) in [6.45, 7) is 0. The van der Waals surface area contributed by atoms with E-state index in [1.165, 1.54) is 10.6 Å². The molecule has 0 radical (unpaired) electrons. The Morgan fingerprint density at radius 3 is 1.36 bits per heavy atom. The summed E-state index contributed by atoms with van der Waals surface area (Å²) < 4.78 is 0. The van der Waals surface area contributed by atoms with E-state index in [1.54, 1.807) is 18.8 Å².